The van der Waals surface area contributed by atoms with Gasteiger partial charge >= 0.3 is 0 Å². The van der Waals surface area contributed by atoms with Gasteiger partial charge in [0, 0.05) is 12.1 Å². The van der Waals surface area contributed by atoms with Crippen LogP contribution in [-0.4, -0.2) is 9.38 Å². The lowest BCUT2D eigenvalue weighted by Gasteiger charge is -2.07. The van der Waals surface area contributed by atoms with Crippen LogP contribution in [0.5, 0.6) is 0 Å². The van der Waals surface area contributed by atoms with Crippen LogP contribution in [0.4, 0.5) is 0 Å². The molecule has 0 unspecified atom stereocenters. The summed E-state index contributed by atoms with van der Waals surface area (Å²) >= 11 is 6.27. The SMILES string of the molecule is Cc1ccc(-c2nc3cccc(Cl)n3c2CN)c(C)c1. The zero-order chi connectivity index (χ0) is 14.3. The summed E-state index contributed by atoms with van der Waals surface area (Å²) in [7, 11) is 0. The van der Waals surface area contributed by atoms with Crippen LogP contribution < -0.4 is 5.73 Å². The number of halogens is 1. The van der Waals surface area contributed by atoms with Gasteiger partial charge in [0.2, 0.25) is 0 Å². The molecule has 1 aromatic carbocycles. The summed E-state index contributed by atoms with van der Waals surface area (Å²) in [5, 5.41) is 0.631. The molecule has 0 aliphatic carbocycles. The van der Waals surface area contributed by atoms with E-state index in [1.54, 1.807) is 0 Å². The minimum atomic E-state index is 0.396. The predicted molar refractivity (Wildman–Crippen MR) is 83.0 cm³/mol. The molecule has 3 aromatic rings. The second-order valence-electron chi connectivity index (χ2n) is 4.97. The van der Waals surface area contributed by atoms with E-state index in [1.165, 1.54) is 11.1 Å². The molecule has 4 heteroatoms. The molecular weight excluding hydrogens is 270 g/mol. The van der Waals surface area contributed by atoms with Gasteiger partial charge in [0.15, 0.2) is 0 Å². The fourth-order valence-corrected chi connectivity index (χ4v) is 2.86. The van der Waals surface area contributed by atoms with Crippen molar-refractivity contribution >= 4 is 17.2 Å². The highest BCUT2D eigenvalue weighted by molar-refractivity contribution is 6.29. The van der Waals surface area contributed by atoms with Crippen molar-refractivity contribution in [3.63, 3.8) is 0 Å². The molecule has 3 rings (SSSR count). The lowest BCUT2D eigenvalue weighted by molar-refractivity contribution is 0.962. The molecule has 0 saturated heterocycles. The summed E-state index contributed by atoms with van der Waals surface area (Å²) in [6, 6.07) is 12.0. The molecule has 2 aromatic heterocycles. The first-order valence-corrected chi connectivity index (χ1v) is 6.93. The molecule has 0 bridgehead atoms. The van der Waals surface area contributed by atoms with Gasteiger partial charge in [-0.25, -0.2) is 4.98 Å². The maximum absolute atomic E-state index is 6.27. The highest BCUT2D eigenvalue weighted by Crippen LogP contribution is 2.29. The van der Waals surface area contributed by atoms with Gasteiger partial charge in [-0.05, 0) is 31.5 Å². The number of aromatic nitrogens is 2. The second-order valence-corrected chi connectivity index (χ2v) is 5.36. The molecule has 0 saturated carbocycles. The minimum absolute atomic E-state index is 0.396. The summed E-state index contributed by atoms with van der Waals surface area (Å²) < 4.78 is 1.91. The van der Waals surface area contributed by atoms with Gasteiger partial charge in [-0.3, -0.25) is 4.40 Å². The number of pyridine rings is 1. The van der Waals surface area contributed by atoms with Gasteiger partial charge in [0.1, 0.15) is 10.8 Å². The molecule has 0 aliphatic rings. The number of aryl methyl sites for hydroxylation is 2. The Morgan fingerprint density at radius 3 is 2.70 bits per heavy atom. The Morgan fingerprint density at radius 2 is 2.00 bits per heavy atom. The fraction of sp³-hybridized carbons (Fsp3) is 0.188. The first kappa shape index (κ1) is 13.2. The lowest BCUT2D eigenvalue weighted by atomic mass is 10.0. The number of imidazole rings is 1. The molecule has 0 amide bonds. The predicted octanol–water partition coefficient (Wildman–Crippen LogP) is 3.73. The van der Waals surface area contributed by atoms with Gasteiger partial charge in [0.05, 0.1) is 11.4 Å². The third-order valence-corrected chi connectivity index (χ3v) is 3.82. The molecule has 0 atom stereocenters. The summed E-state index contributed by atoms with van der Waals surface area (Å²) in [5.74, 6) is 0. The average Bonchev–Trinajstić information content (AvgIpc) is 2.78. The van der Waals surface area contributed by atoms with Crippen molar-refractivity contribution < 1.29 is 0 Å². The molecule has 0 spiro atoms. The van der Waals surface area contributed by atoms with Crippen molar-refractivity contribution in [1.29, 1.82) is 0 Å². The average molecular weight is 286 g/mol. The van der Waals surface area contributed by atoms with Gasteiger partial charge < -0.3 is 5.73 Å². The molecule has 0 aliphatic heterocycles. The van der Waals surface area contributed by atoms with E-state index in [4.69, 9.17) is 22.3 Å². The Morgan fingerprint density at radius 1 is 1.20 bits per heavy atom. The number of nitrogens with two attached hydrogens (primary N) is 1. The summed E-state index contributed by atoms with van der Waals surface area (Å²) in [5.41, 5.74) is 12.2. The Bertz CT molecular complexity index is 790. The third-order valence-electron chi connectivity index (χ3n) is 3.52. The van der Waals surface area contributed by atoms with Crippen molar-refractivity contribution in [3.05, 3.63) is 58.4 Å². The van der Waals surface area contributed by atoms with E-state index in [9.17, 15) is 0 Å². The normalized spacial score (nSPS) is 11.2. The summed E-state index contributed by atoms with van der Waals surface area (Å²) in [4.78, 5) is 4.70. The van der Waals surface area contributed by atoms with Crippen LogP contribution in [0, 0.1) is 13.8 Å². The van der Waals surface area contributed by atoms with Crippen LogP contribution in [0.1, 0.15) is 16.8 Å². The van der Waals surface area contributed by atoms with Crippen LogP contribution in [0.3, 0.4) is 0 Å². The quantitative estimate of drug-likeness (QED) is 0.729. The van der Waals surface area contributed by atoms with Crippen LogP contribution in [0.2, 0.25) is 5.15 Å². The topological polar surface area (TPSA) is 43.3 Å². The largest absolute Gasteiger partial charge is 0.325 e. The Labute approximate surface area is 123 Å². The van der Waals surface area contributed by atoms with Crippen molar-refractivity contribution in [3.8, 4) is 11.3 Å². The Balaban J connectivity index is 2.33. The van der Waals surface area contributed by atoms with Crippen LogP contribution in [-0.2, 0) is 6.54 Å². The molecule has 0 fully saturated rings. The zero-order valence-electron chi connectivity index (χ0n) is 11.5. The number of nitrogens with zero attached hydrogens (tertiary/aromatic N) is 2. The van der Waals surface area contributed by atoms with Crippen molar-refractivity contribution in [2.75, 3.05) is 0 Å². The molecule has 3 nitrogen and oxygen atoms in total. The second kappa shape index (κ2) is 4.93. The van der Waals surface area contributed by atoms with Gasteiger partial charge in [0.25, 0.3) is 0 Å². The fourth-order valence-electron chi connectivity index (χ4n) is 2.59. The third kappa shape index (κ3) is 1.99. The summed E-state index contributed by atoms with van der Waals surface area (Å²) in [6.07, 6.45) is 0. The maximum atomic E-state index is 6.27. The van der Waals surface area contributed by atoms with E-state index in [1.807, 2.05) is 22.6 Å². The number of benzene rings is 1. The van der Waals surface area contributed by atoms with E-state index in [-0.39, 0.29) is 0 Å². The van der Waals surface area contributed by atoms with Gasteiger partial charge in [-0.15, -0.1) is 0 Å². The highest BCUT2D eigenvalue weighted by Gasteiger charge is 2.15. The molecule has 102 valence electrons. The Hall–Kier alpha value is -1.84. The number of hydrogen-bond donors (Lipinski definition) is 1. The minimum Gasteiger partial charge on any atom is -0.325 e. The first-order chi connectivity index (χ1) is 9.61. The molecular formula is C16H16ClN3. The monoisotopic (exact) mass is 285 g/mol. The molecule has 2 heterocycles. The maximum Gasteiger partial charge on any atom is 0.138 e. The van der Waals surface area contributed by atoms with E-state index < -0.39 is 0 Å². The summed E-state index contributed by atoms with van der Waals surface area (Å²) in [6.45, 7) is 4.57. The number of hydrogen-bond acceptors (Lipinski definition) is 2. The molecule has 0 radical (unpaired) electrons. The molecule has 20 heavy (non-hydrogen) atoms. The van der Waals surface area contributed by atoms with E-state index in [0.29, 0.717) is 11.7 Å². The van der Waals surface area contributed by atoms with Crippen molar-refractivity contribution in [2.24, 2.45) is 5.73 Å². The van der Waals surface area contributed by atoms with Crippen molar-refractivity contribution in [2.45, 2.75) is 20.4 Å². The van der Waals surface area contributed by atoms with Gasteiger partial charge in [-0.1, -0.05) is 41.4 Å². The standard InChI is InChI=1S/C16H16ClN3/c1-10-6-7-12(11(2)8-10)16-13(9-18)20-14(17)4-3-5-15(20)19-16/h3-8H,9,18H2,1-2H3. The number of fused-ring (bicyclic) bond motifs is 1. The van der Waals surface area contributed by atoms with E-state index in [2.05, 4.69) is 32.0 Å². The van der Waals surface area contributed by atoms with Crippen LogP contribution in [0.15, 0.2) is 36.4 Å². The van der Waals surface area contributed by atoms with Crippen LogP contribution >= 0.6 is 11.6 Å². The first-order valence-electron chi connectivity index (χ1n) is 6.55. The van der Waals surface area contributed by atoms with Gasteiger partial charge in [-0.2, -0.15) is 0 Å². The smallest absolute Gasteiger partial charge is 0.138 e. The van der Waals surface area contributed by atoms with Crippen LogP contribution in [0.25, 0.3) is 16.9 Å². The Kier molecular flexibility index (Phi) is 3.24. The zero-order valence-corrected chi connectivity index (χ0v) is 12.3. The van der Waals surface area contributed by atoms with E-state index in [0.717, 1.165) is 22.6 Å². The molecule has 2 N–H and O–H groups in total. The van der Waals surface area contributed by atoms with Crippen molar-refractivity contribution in [1.82, 2.24) is 9.38 Å². The highest BCUT2D eigenvalue weighted by atomic mass is 35.5. The van der Waals surface area contributed by atoms with E-state index >= 15 is 0 Å². The number of rotatable bonds is 2. The lowest BCUT2D eigenvalue weighted by Crippen LogP contribution is -2.03.